The molecule has 0 atom stereocenters. The molecule has 184 valence electrons. The molecule has 2 aromatic carbocycles. The molecular formula is C26H31N5O4. The molecule has 1 fully saturated rings. The number of ether oxygens (including phenoxy) is 2. The van der Waals surface area contributed by atoms with Crippen LogP contribution in [0.25, 0.3) is 17.1 Å². The highest BCUT2D eigenvalue weighted by molar-refractivity contribution is 5.99. The lowest BCUT2D eigenvalue weighted by Gasteiger charge is -2.36. The van der Waals surface area contributed by atoms with Crippen molar-refractivity contribution in [3.05, 3.63) is 58.0 Å². The van der Waals surface area contributed by atoms with Gasteiger partial charge in [-0.2, -0.15) is 0 Å². The fraction of sp³-hybridized carbons (Fsp3) is 0.385. The van der Waals surface area contributed by atoms with Crippen molar-refractivity contribution >= 4 is 28.7 Å². The Morgan fingerprint density at radius 3 is 2.80 bits per heavy atom. The summed E-state index contributed by atoms with van der Waals surface area (Å²) >= 11 is 0. The molecule has 0 aliphatic carbocycles. The predicted octanol–water partition coefficient (Wildman–Crippen LogP) is 2.36. The number of aromatic amines is 2. The molecule has 0 saturated carbocycles. The standard InChI is InChI=1S/C26H31N5O4/c1-34-20-7-8-23-18(16-20)15-19(17-35-23)25(32)27-9-2-3-10-30-11-13-31(14-12-30)22-6-4-5-21-24(22)29-26(33)28-21/h4-8,15-16H,2-3,9-14,17H2,1H3,(H,27,32)(H2,28,29,33). The fourth-order valence-electron chi connectivity index (χ4n) is 4.71. The number of nitrogens with one attached hydrogen (secondary N) is 3. The number of aromatic nitrogens is 2. The lowest BCUT2D eigenvalue weighted by atomic mass is 10.1. The van der Waals surface area contributed by atoms with E-state index in [1.54, 1.807) is 7.11 Å². The van der Waals surface area contributed by atoms with Gasteiger partial charge in [-0.3, -0.25) is 9.69 Å². The van der Waals surface area contributed by atoms with E-state index in [1.165, 1.54) is 0 Å². The maximum absolute atomic E-state index is 12.6. The average Bonchev–Trinajstić information content (AvgIpc) is 3.28. The summed E-state index contributed by atoms with van der Waals surface area (Å²) in [5.41, 5.74) is 4.11. The number of amides is 1. The van der Waals surface area contributed by atoms with E-state index < -0.39 is 0 Å². The second-order valence-corrected chi connectivity index (χ2v) is 8.93. The SMILES string of the molecule is COc1ccc2c(c1)C=C(C(=O)NCCCCN1CCN(c3cccc4[nH]c(=O)[nH]c34)CC1)CO2. The monoisotopic (exact) mass is 477 g/mol. The van der Waals surface area contributed by atoms with E-state index in [4.69, 9.17) is 9.47 Å². The second-order valence-electron chi connectivity index (χ2n) is 8.93. The maximum atomic E-state index is 12.6. The first-order valence-electron chi connectivity index (χ1n) is 12.1. The van der Waals surface area contributed by atoms with E-state index in [0.717, 1.165) is 79.3 Å². The minimum atomic E-state index is -0.171. The van der Waals surface area contributed by atoms with Crippen molar-refractivity contribution < 1.29 is 14.3 Å². The predicted molar refractivity (Wildman–Crippen MR) is 136 cm³/mol. The molecule has 1 amide bonds. The zero-order valence-electron chi connectivity index (χ0n) is 19.9. The van der Waals surface area contributed by atoms with Crippen molar-refractivity contribution in [2.24, 2.45) is 0 Å². The van der Waals surface area contributed by atoms with Crippen LogP contribution in [0.5, 0.6) is 11.5 Å². The molecule has 9 heteroatoms. The van der Waals surface area contributed by atoms with Gasteiger partial charge >= 0.3 is 5.69 Å². The van der Waals surface area contributed by atoms with Crippen molar-refractivity contribution in [1.82, 2.24) is 20.2 Å². The van der Waals surface area contributed by atoms with Crippen molar-refractivity contribution in [2.75, 3.05) is 57.9 Å². The second kappa shape index (κ2) is 10.3. The number of carbonyl (C=O) groups excluding carboxylic acids is 1. The van der Waals surface area contributed by atoms with Gasteiger partial charge in [-0.1, -0.05) is 6.07 Å². The number of piperazine rings is 1. The summed E-state index contributed by atoms with van der Waals surface area (Å²) in [6.07, 6.45) is 3.82. The molecule has 2 aliphatic heterocycles. The van der Waals surface area contributed by atoms with Gasteiger partial charge in [0.1, 0.15) is 18.1 Å². The molecule has 3 N–H and O–H groups in total. The number of benzene rings is 2. The molecule has 3 aromatic rings. The molecule has 1 aromatic heterocycles. The maximum Gasteiger partial charge on any atom is 0.323 e. The van der Waals surface area contributed by atoms with E-state index in [1.807, 2.05) is 36.4 Å². The number of anilines is 1. The van der Waals surface area contributed by atoms with Crippen LogP contribution in [-0.4, -0.2) is 73.8 Å². The Morgan fingerprint density at radius 1 is 1.11 bits per heavy atom. The zero-order chi connectivity index (χ0) is 24.2. The number of fused-ring (bicyclic) bond motifs is 2. The smallest absolute Gasteiger partial charge is 0.323 e. The van der Waals surface area contributed by atoms with Crippen molar-refractivity contribution in [2.45, 2.75) is 12.8 Å². The minimum Gasteiger partial charge on any atom is -0.497 e. The number of carbonyl (C=O) groups is 1. The largest absolute Gasteiger partial charge is 0.497 e. The molecular weight excluding hydrogens is 446 g/mol. The van der Waals surface area contributed by atoms with Crippen LogP contribution in [0.1, 0.15) is 18.4 Å². The summed E-state index contributed by atoms with van der Waals surface area (Å²) < 4.78 is 11.0. The number of hydrogen-bond donors (Lipinski definition) is 3. The van der Waals surface area contributed by atoms with Crippen LogP contribution in [0.3, 0.4) is 0 Å². The number of rotatable bonds is 8. The van der Waals surface area contributed by atoms with E-state index >= 15 is 0 Å². The van der Waals surface area contributed by atoms with Crippen LogP contribution in [0.2, 0.25) is 0 Å². The van der Waals surface area contributed by atoms with E-state index in [2.05, 4.69) is 31.2 Å². The van der Waals surface area contributed by atoms with Crippen LogP contribution in [0.15, 0.2) is 46.8 Å². The van der Waals surface area contributed by atoms with E-state index in [0.29, 0.717) is 12.1 Å². The van der Waals surface area contributed by atoms with Crippen LogP contribution in [-0.2, 0) is 4.79 Å². The Bertz CT molecular complexity index is 1290. The summed E-state index contributed by atoms with van der Waals surface area (Å²) in [5, 5.41) is 3.02. The molecule has 0 spiro atoms. The molecule has 0 radical (unpaired) electrons. The average molecular weight is 478 g/mol. The third kappa shape index (κ3) is 5.19. The molecule has 0 unspecified atom stereocenters. The fourth-order valence-corrected chi connectivity index (χ4v) is 4.71. The first-order chi connectivity index (χ1) is 17.1. The molecule has 2 aliphatic rings. The van der Waals surface area contributed by atoms with Crippen molar-refractivity contribution in [3.63, 3.8) is 0 Å². The molecule has 0 bridgehead atoms. The zero-order valence-corrected chi connectivity index (χ0v) is 19.9. The van der Waals surface area contributed by atoms with Gasteiger partial charge in [0.2, 0.25) is 0 Å². The van der Waals surface area contributed by atoms with Gasteiger partial charge in [-0.05, 0) is 55.8 Å². The molecule has 3 heterocycles. The summed E-state index contributed by atoms with van der Waals surface area (Å²) in [7, 11) is 1.62. The Labute approximate surface area is 203 Å². The first-order valence-corrected chi connectivity index (χ1v) is 12.1. The number of methoxy groups -OCH3 is 1. The normalized spacial score (nSPS) is 15.9. The minimum absolute atomic E-state index is 0.0796. The summed E-state index contributed by atoms with van der Waals surface area (Å²) in [5.74, 6) is 1.42. The van der Waals surface area contributed by atoms with Gasteiger partial charge < -0.3 is 29.7 Å². The highest BCUT2D eigenvalue weighted by Gasteiger charge is 2.20. The van der Waals surface area contributed by atoms with Crippen LogP contribution in [0, 0.1) is 0 Å². The van der Waals surface area contributed by atoms with Crippen LogP contribution < -0.4 is 25.4 Å². The summed E-state index contributed by atoms with van der Waals surface area (Å²) in [6, 6.07) is 11.5. The van der Waals surface area contributed by atoms with Gasteiger partial charge in [-0.15, -0.1) is 0 Å². The van der Waals surface area contributed by atoms with Crippen LogP contribution >= 0.6 is 0 Å². The van der Waals surface area contributed by atoms with Gasteiger partial charge in [-0.25, -0.2) is 4.79 Å². The quantitative estimate of drug-likeness (QED) is 0.431. The van der Waals surface area contributed by atoms with E-state index in [9.17, 15) is 9.59 Å². The number of unbranched alkanes of at least 4 members (excludes halogenated alkanes) is 1. The van der Waals surface area contributed by atoms with Crippen LogP contribution in [0.4, 0.5) is 5.69 Å². The molecule has 1 saturated heterocycles. The lowest BCUT2D eigenvalue weighted by molar-refractivity contribution is -0.117. The molecule has 5 rings (SSSR count). The Balaban J connectivity index is 1.04. The molecule has 9 nitrogen and oxygen atoms in total. The topological polar surface area (TPSA) is 103 Å². The number of imidazole rings is 1. The third-order valence-electron chi connectivity index (χ3n) is 6.65. The number of nitrogens with zero attached hydrogens (tertiary/aromatic N) is 2. The summed E-state index contributed by atoms with van der Waals surface area (Å²) in [6.45, 7) is 5.72. The van der Waals surface area contributed by atoms with Gasteiger partial charge in [0.05, 0.1) is 29.4 Å². The van der Waals surface area contributed by atoms with Gasteiger partial charge in [0, 0.05) is 38.3 Å². The Hall–Kier alpha value is -3.72. The van der Waals surface area contributed by atoms with Crippen molar-refractivity contribution in [3.8, 4) is 11.5 Å². The van der Waals surface area contributed by atoms with Gasteiger partial charge in [0.15, 0.2) is 0 Å². The number of hydrogen-bond acceptors (Lipinski definition) is 6. The highest BCUT2D eigenvalue weighted by Crippen LogP contribution is 2.30. The van der Waals surface area contributed by atoms with Crippen molar-refractivity contribution in [1.29, 1.82) is 0 Å². The highest BCUT2D eigenvalue weighted by atomic mass is 16.5. The van der Waals surface area contributed by atoms with Gasteiger partial charge in [0.25, 0.3) is 5.91 Å². The first kappa shape index (κ1) is 23.0. The summed E-state index contributed by atoms with van der Waals surface area (Å²) in [4.78, 5) is 34.8. The lowest BCUT2D eigenvalue weighted by Crippen LogP contribution is -2.46. The Morgan fingerprint density at radius 2 is 1.97 bits per heavy atom. The molecule has 35 heavy (non-hydrogen) atoms. The number of H-pyrrole nitrogens is 2. The Kier molecular flexibility index (Phi) is 6.76. The van der Waals surface area contributed by atoms with E-state index in [-0.39, 0.29) is 18.2 Å². The number of para-hydroxylation sites is 1. The third-order valence-corrected chi connectivity index (χ3v) is 6.65.